The van der Waals surface area contributed by atoms with Gasteiger partial charge in [-0.1, -0.05) is 42.5 Å². The summed E-state index contributed by atoms with van der Waals surface area (Å²) in [6.07, 6.45) is -4.46. The Morgan fingerprint density at radius 3 is 2.28 bits per heavy atom. The number of ether oxygens (including phenoxy) is 1. The third-order valence-electron chi connectivity index (χ3n) is 3.22. The fourth-order valence-corrected chi connectivity index (χ4v) is 2.00. The molecule has 4 nitrogen and oxygen atoms in total. The van der Waals surface area contributed by atoms with E-state index in [4.69, 9.17) is 4.74 Å². The predicted octanol–water partition coefficient (Wildman–Crippen LogP) is 4.50. The number of halogens is 3. The number of hydrogen-bond acceptors (Lipinski definition) is 4. The Kier molecular flexibility index (Phi) is 5.59. The summed E-state index contributed by atoms with van der Waals surface area (Å²) in [5, 5.41) is 10.2. The van der Waals surface area contributed by atoms with Crippen LogP contribution in [-0.4, -0.2) is 30.4 Å². The van der Waals surface area contributed by atoms with Crippen LogP contribution in [0.5, 0.6) is 5.75 Å². The van der Waals surface area contributed by atoms with Crippen molar-refractivity contribution in [1.82, 2.24) is 0 Å². The maximum atomic E-state index is 12.9. The molecule has 25 heavy (non-hydrogen) atoms. The normalized spacial score (nSPS) is 12.8. The molecule has 0 aliphatic heterocycles. The molecule has 2 rings (SSSR count). The highest BCUT2D eigenvalue weighted by molar-refractivity contribution is 6.20. The zero-order valence-electron chi connectivity index (χ0n) is 13.1. The van der Waals surface area contributed by atoms with Crippen LogP contribution in [0.4, 0.5) is 18.9 Å². The third kappa shape index (κ3) is 4.47. The monoisotopic (exact) mass is 349 g/mol. The summed E-state index contributed by atoms with van der Waals surface area (Å²) in [6, 6.07) is 13.8. The molecule has 7 heteroatoms. The number of allylic oxidation sites excluding steroid dienone is 1. The van der Waals surface area contributed by atoms with E-state index in [9.17, 15) is 23.1 Å². The molecule has 0 bridgehead atoms. The molecular formula is C18H14F3NO3. The van der Waals surface area contributed by atoms with Crippen LogP contribution in [0.25, 0.3) is 5.76 Å². The maximum Gasteiger partial charge on any atom is 0.455 e. The van der Waals surface area contributed by atoms with Gasteiger partial charge in [-0.05, 0) is 12.1 Å². The summed E-state index contributed by atoms with van der Waals surface area (Å²) in [4.78, 5) is 15.6. The highest BCUT2D eigenvalue weighted by Crippen LogP contribution is 2.28. The van der Waals surface area contributed by atoms with Crippen molar-refractivity contribution in [2.24, 2.45) is 4.99 Å². The Labute approximate surface area is 141 Å². The lowest BCUT2D eigenvalue weighted by Crippen LogP contribution is -2.26. The van der Waals surface area contributed by atoms with E-state index in [2.05, 4.69) is 4.99 Å². The van der Waals surface area contributed by atoms with Crippen molar-refractivity contribution in [3.63, 3.8) is 0 Å². The van der Waals surface area contributed by atoms with E-state index in [1.807, 2.05) is 0 Å². The second kappa shape index (κ2) is 7.65. The second-order valence-corrected chi connectivity index (χ2v) is 4.89. The molecule has 0 amide bonds. The van der Waals surface area contributed by atoms with Crippen molar-refractivity contribution in [2.75, 3.05) is 7.11 Å². The summed E-state index contributed by atoms with van der Waals surface area (Å²) in [6.45, 7) is 0. The van der Waals surface area contributed by atoms with Crippen molar-refractivity contribution in [1.29, 1.82) is 0 Å². The average Bonchev–Trinajstić information content (AvgIpc) is 2.61. The van der Waals surface area contributed by atoms with Crippen LogP contribution in [0.1, 0.15) is 5.56 Å². The average molecular weight is 349 g/mol. The summed E-state index contributed by atoms with van der Waals surface area (Å²) in [5.41, 5.74) is -0.662. The summed E-state index contributed by atoms with van der Waals surface area (Å²) >= 11 is 0. The topological polar surface area (TPSA) is 58.9 Å². The highest BCUT2D eigenvalue weighted by Gasteiger charge is 2.41. The minimum atomic E-state index is -5.15. The minimum Gasteiger partial charge on any atom is -0.506 e. The van der Waals surface area contributed by atoms with Crippen LogP contribution in [0.2, 0.25) is 0 Å². The first-order valence-electron chi connectivity index (χ1n) is 7.12. The smallest absolute Gasteiger partial charge is 0.455 e. The number of nitrogens with zero attached hydrogens (tertiary/aromatic N) is 1. The van der Waals surface area contributed by atoms with Gasteiger partial charge < -0.3 is 9.84 Å². The molecule has 2 aromatic carbocycles. The standard InChI is InChI=1S/C18H14F3NO3/c1-25-15-10-6-5-9-14(15)22-11-13(17(24)18(19,20)21)16(23)12-7-3-2-4-8-12/h2-11,23H,1H3. The Balaban J connectivity index is 2.53. The number of Topliss-reactive ketones (excluding diaryl/α,β-unsaturated/α-hetero) is 1. The molecular weight excluding hydrogens is 335 g/mol. The van der Waals surface area contributed by atoms with Gasteiger partial charge in [0.05, 0.1) is 12.7 Å². The second-order valence-electron chi connectivity index (χ2n) is 4.89. The van der Waals surface area contributed by atoms with Crippen molar-refractivity contribution < 1.29 is 27.8 Å². The van der Waals surface area contributed by atoms with E-state index >= 15 is 0 Å². The Morgan fingerprint density at radius 2 is 1.68 bits per heavy atom. The number of aliphatic hydroxyl groups is 1. The number of ketones is 1. The molecule has 0 saturated heterocycles. The first kappa shape index (κ1) is 18.3. The number of benzene rings is 2. The van der Waals surface area contributed by atoms with Crippen molar-refractivity contribution >= 4 is 23.4 Å². The first-order valence-corrected chi connectivity index (χ1v) is 7.12. The van der Waals surface area contributed by atoms with Crippen molar-refractivity contribution in [3.05, 3.63) is 65.7 Å². The molecule has 0 spiro atoms. The van der Waals surface area contributed by atoms with E-state index in [0.29, 0.717) is 12.0 Å². The first-order chi connectivity index (χ1) is 11.8. The maximum absolute atomic E-state index is 12.9. The number of methoxy groups -OCH3 is 1. The zero-order chi connectivity index (χ0) is 18.4. The Morgan fingerprint density at radius 1 is 1.08 bits per heavy atom. The lowest BCUT2D eigenvalue weighted by atomic mass is 10.1. The fourth-order valence-electron chi connectivity index (χ4n) is 2.00. The molecule has 0 radical (unpaired) electrons. The minimum absolute atomic E-state index is 0.0709. The molecule has 0 atom stereocenters. The number of para-hydroxylation sites is 2. The Bertz CT molecular complexity index is 812. The molecule has 130 valence electrons. The zero-order valence-corrected chi connectivity index (χ0v) is 13.1. The van der Waals surface area contributed by atoms with Crippen molar-refractivity contribution in [3.8, 4) is 5.75 Å². The lowest BCUT2D eigenvalue weighted by Gasteiger charge is -2.09. The van der Waals surface area contributed by atoms with Gasteiger partial charge in [-0.15, -0.1) is 0 Å². The van der Waals surface area contributed by atoms with Gasteiger partial charge in [-0.2, -0.15) is 13.2 Å². The van der Waals surface area contributed by atoms with Crippen molar-refractivity contribution in [2.45, 2.75) is 6.18 Å². The summed E-state index contributed by atoms with van der Waals surface area (Å²) in [7, 11) is 1.38. The van der Waals surface area contributed by atoms with Gasteiger partial charge in [0.15, 0.2) is 0 Å². The van der Waals surface area contributed by atoms with Crippen LogP contribution in [0, 0.1) is 0 Å². The van der Waals surface area contributed by atoms with Crippen LogP contribution < -0.4 is 4.74 Å². The quantitative estimate of drug-likeness (QED) is 0.491. The van der Waals surface area contributed by atoms with E-state index in [0.717, 1.165) is 0 Å². The molecule has 0 aliphatic rings. The van der Waals surface area contributed by atoms with Gasteiger partial charge in [0.25, 0.3) is 5.78 Å². The molecule has 0 unspecified atom stereocenters. The molecule has 0 heterocycles. The van der Waals surface area contributed by atoms with Crippen LogP contribution >= 0.6 is 0 Å². The number of rotatable bonds is 5. The van der Waals surface area contributed by atoms with Gasteiger partial charge in [0, 0.05) is 11.8 Å². The number of alkyl halides is 3. The highest BCUT2D eigenvalue weighted by atomic mass is 19.4. The van der Waals surface area contributed by atoms with E-state index < -0.39 is 23.3 Å². The summed E-state index contributed by atoms with van der Waals surface area (Å²) < 4.78 is 43.6. The molecule has 0 aliphatic carbocycles. The largest absolute Gasteiger partial charge is 0.506 e. The molecule has 0 fully saturated rings. The van der Waals surface area contributed by atoms with E-state index in [-0.39, 0.29) is 11.3 Å². The third-order valence-corrected chi connectivity index (χ3v) is 3.22. The Hall–Kier alpha value is -3.09. The number of aliphatic hydroxyl groups excluding tert-OH is 1. The van der Waals surface area contributed by atoms with Gasteiger partial charge in [0.1, 0.15) is 17.2 Å². The van der Waals surface area contributed by atoms with Crippen LogP contribution in [0.3, 0.4) is 0 Å². The van der Waals surface area contributed by atoms with Gasteiger partial charge in [-0.3, -0.25) is 9.79 Å². The van der Waals surface area contributed by atoms with E-state index in [1.165, 1.54) is 37.4 Å². The molecule has 0 saturated carbocycles. The number of carbonyl (C=O) groups is 1. The van der Waals surface area contributed by atoms with Crippen LogP contribution in [0.15, 0.2) is 65.2 Å². The van der Waals surface area contributed by atoms with Crippen LogP contribution in [-0.2, 0) is 4.79 Å². The number of hydrogen-bond donors (Lipinski definition) is 1. The predicted molar refractivity (Wildman–Crippen MR) is 88.2 cm³/mol. The lowest BCUT2D eigenvalue weighted by molar-refractivity contribution is -0.165. The summed E-state index contributed by atoms with van der Waals surface area (Å²) in [5.74, 6) is -2.68. The van der Waals surface area contributed by atoms with Gasteiger partial charge in [0.2, 0.25) is 0 Å². The fraction of sp³-hybridized carbons (Fsp3) is 0.111. The SMILES string of the molecule is COc1ccccc1N=CC(C(=O)C(F)(F)F)=C(O)c1ccccc1. The number of carbonyl (C=O) groups excluding carboxylic acids is 1. The van der Waals surface area contributed by atoms with Gasteiger partial charge in [-0.25, -0.2) is 0 Å². The molecule has 2 aromatic rings. The van der Waals surface area contributed by atoms with E-state index in [1.54, 1.807) is 24.3 Å². The molecule has 0 aromatic heterocycles. The number of aliphatic imine (C=N–C) groups is 1. The van der Waals surface area contributed by atoms with Gasteiger partial charge >= 0.3 is 6.18 Å². The molecule has 1 N–H and O–H groups in total.